The molecule has 1 saturated heterocycles. The van der Waals surface area contributed by atoms with Gasteiger partial charge in [0.2, 0.25) is 11.8 Å². The van der Waals surface area contributed by atoms with Crippen molar-refractivity contribution in [1.29, 1.82) is 0 Å². The number of ether oxygens (including phenoxy) is 3. The highest BCUT2D eigenvalue weighted by molar-refractivity contribution is 7.73. The van der Waals surface area contributed by atoms with Gasteiger partial charge in [0.05, 0.1) is 24.9 Å². The molecule has 0 bridgehead atoms. The zero-order valence-corrected chi connectivity index (χ0v) is 36.6. The summed E-state index contributed by atoms with van der Waals surface area (Å²) in [6, 6.07) is 5.20. The molecule has 0 spiro atoms. The molecule has 316 valence electrons. The molecule has 3 aliphatic rings. The largest absolute Gasteiger partial charge is 0.497 e. The van der Waals surface area contributed by atoms with Crippen LogP contribution in [-0.4, -0.2) is 91.9 Å². The van der Waals surface area contributed by atoms with Gasteiger partial charge in [0, 0.05) is 52.9 Å². The molecule has 4 N–H and O–H groups in total. The van der Waals surface area contributed by atoms with Crippen LogP contribution in [0.5, 0.6) is 11.5 Å². The summed E-state index contributed by atoms with van der Waals surface area (Å²) in [6.45, 7) is 13.4. The summed E-state index contributed by atoms with van der Waals surface area (Å²) in [5, 5.41) is 12.4. The molecule has 0 radical (unpaired) electrons. The lowest BCUT2D eigenvalue weighted by Gasteiger charge is -2.35. The van der Waals surface area contributed by atoms with Crippen molar-refractivity contribution in [2.45, 2.75) is 109 Å². The Kier molecular flexibility index (Phi) is 12.1. The summed E-state index contributed by atoms with van der Waals surface area (Å²) in [7, 11) is -2.68. The van der Waals surface area contributed by atoms with Crippen LogP contribution in [0.2, 0.25) is 0 Å². The minimum Gasteiger partial charge on any atom is -0.497 e. The van der Waals surface area contributed by atoms with Crippen LogP contribution in [0.3, 0.4) is 0 Å². The number of benzene rings is 1. The number of hydrogen-bond donors (Lipinski definition) is 4. The van der Waals surface area contributed by atoms with Crippen LogP contribution in [0.25, 0.3) is 22.3 Å². The number of aromatic nitrogens is 3. The number of carbonyl (C=O) groups excluding carboxylic acids is 3. The molecule has 3 amide bonds. The molecule has 7 rings (SSSR count). The minimum atomic E-state index is -4.25. The summed E-state index contributed by atoms with van der Waals surface area (Å²) in [5.74, 6) is -0.586. The highest BCUT2D eigenvalue weighted by Crippen LogP contribution is 2.69. The fourth-order valence-electron chi connectivity index (χ4n) is 7.87. The molecular weight excluding hydrogens is 814 g/mol. The summed E-state index contributed by atoms with van der Waals surface area (Å²) in [4.78, 5) is 69.4. The van der Waals surface area contributed by atoms with Gasteiger partial charge in [-0.05, 0) is 63.5 Å². The third kappa shape index (κ3) is 8.84. The van der Waals surface area contributed by atoms with Crippen molar-refractivity contribution in [1.82, 2.24) is 30.5 Å². The Hall–Kier alpha value is -4.57. The monoisotopic (exact) mass is 865 g/mol. The molecule has 4 aromatic rings. The predicted molar refractivity (Wildman–Crippen MR) is 229 cm³/mol. The Morgan fingerprint density at radius 1 is 1.10 bits per heavy atom. The lowest BCUT2D eigenvalue weighted by atomic mass is 9.85. The normalized spacial score (nSPS) is 23.4. The second-order valence-corrected chi connectivity index (χ2v) is 21.2. The highest BCUT2D eigenvalue weighted by Gasteiger charge is 2.67. The summed E-state index contributed by atoms with van der Waals surface area (Å²) < 4.78 is 32.1. The molecule has 3 fully saturated rings. The second kappa shape index (κ2) is 16.8. The molecule has 1 aromatic carbocycles. The third-order valence-electron chi connectivity index (χ3n) is 11.1. The van der Waals surface area contributed by atoms with Crippen LogP contribution in [0.15, 0.2) is 53.9 Å². The number of nitrogens with one attached hydrogen (secondary N) is 3. The highest BCUT2D eigenvalue weighted by atomic mass is 32.1. The number of carbonyl (C=O) groups is 3. The molecule has 1 aliphatic heterocycles. The lowest BCUT2D eigenvalue weighted by molar-refractivity contribution is -0.142. The van der Waals surface area contributed by atoms with Crippen LogP contribution in [0.1, 0.15) is 73.1 Å². The Bertz CT molecular complexity index is 2260. The Balaban J connectivity index is 1.23. The number of methoxy groups -OCH3 is 1. The maximum atomic E-state index is 14.8. The van der Waals surface area contributed by atoms with E-state index in [1.54, 1.807) is 36.8 Å². The smallest absolute Gasteiger partial charge is 0.408 e. The summed E-state index contributed by atoms with van der Waals surface area (Å²) in [5.41, 5.74) is 0.985. The maximum Gasteiger partial charge on any atom is 0.408 e. The molecule has 59 heavy (non-hydrogen) atoms. The van der Waals surface area contributed by atoms with Gasteiger partial charge < -0.3 is 40.0 Å². The number of fused-ring (bicyclic) bond motifs is 1. The standard InChI is InChI=1S/C41H52N7O8PS2/c1-8-24-20-41(24,57(52,53)39-42-15-16-58-39)47-35(49)32-18-27(21-48(32)36(50)34(40(4,5)6)46-38(51)56-25-11-9-10-12-25)55-33-19-30(31-22-59-37(45-31)43-23(2)3)44-29-17-26(54-7)13-14-28(29)33/h8,13-17,19,22-25,27,32,34H,1,9-12,18,20-21H2,2-7H3,(H,43,45)(H,46,51)(H,47,49)(H,52,53)/t24-,27-,32+,34?,41+/m1/s1. The quantitative estimate of drug-likeness (QED) is 0.0777. The van der Waals surface area contributed by atoms with E-state index in [1.807, 2.05) is 46.1 Å². The van der Waals surface area contributed by atoms with Crippen molar-refractivity contribution in [3.63, 3.8) is 0 Å². The van der Waals surface area contributed by atoms with E-state index in [-0.39, 0.29) is 36.3 Å². The number of nitrogens with zero attached hydrogens (tertiary/aromatic N) is 4. The molecule has 3 aromatic heterocycles. The average molecular weight is 866 g/mol. The summed E-state index contributed by atoms with van der Waals surface area (Å²) in [6.07, 6.45) is 5.01. The van der Waals surface area contributed by atoms with Crippen LogP contribution in [-0.2, 0) is 18.9 Å². The van der Waals surface area contributed by atoms with E-state index >= 15 is 0 Å². The Labute approximate surface area is 351 Å². The first-order valence-electron chi connectivity index (χ1n) is 19.9. The van der Waals surface area contributed by atoms with E-state index in [0.717, 1.165) is 42.2 Å². The van der Waals surface area contributed by atoms with E-state index in [0.29, 0.717) is 33.8 Å². The van der Waals surface area contributed by atoms with Crippen molar-refractivity contribution in [2.75, 3.05) is 19.0 Å². The number of pyridine rings is 1. The zero-order chi connectivity index (χ0) is 42.3. The molecule has 2 saturated carbocycles. The van der Waals surface area contributed by atoms with E-state index in [2.05, 4.69) is 27.5 Å². The average Bonchev–Trinajstić information content (AvgIpc) is 3.84. The van der Waals surface area contributed by atoms with Crippen LogP contribution in [0, 0.1) is 11.3 Å². The molecular formula is C41H52N7O8PS2. The number of hydrogen-bond acceptors (Lipinski definition) is 13. The maximum absolute atomic E-state index is 14.8. The lowest BCUT2D eigenvalue weighted by Crippen LogP contribution is -2.58. The Morgan fingerprint density at radius 2 is 1.86 bits per heavy atom. The van der Waals surface area contributed by atoms with Crippen molar-refractivity contribution in [2.24, 2.45) is 11.3 Å². The minimum absolute atomic E-state index is 0.0182. The SMILES string of the molecule is C=C[C@@H]1C[C@]1(NC(=O)[C@@H]1C[C@@H](Oc2cc(-c3csc(NC(C)C)n3)nc3cc(OC)ccc23)CN1C(=O)C(NC(=O)OC1CCCC1)C(C)(C)C)P(=O)(O)c1nccs1. The molecule has 4 heterocycles. The number of thiazole rings is 2. The Morgan fingerprint density at radius 3 is 2.51 bits per heavy atom. The topological polar surface area (TPSA) is 194 Å². The molecule has 2 aliphatic carbocycles. The van der Waals surface area contributed by atoms with E-state index in [1.165, 1.54) is 22.4 Å². The van der Waals surface area contributed by atoms with E-state index in [4.69, 9.17) is 24.2 Å². The molecule has 15 nitrogen and oxygen atoms in total. The van der Waals surface area contributed by atoms with Gasteiger partial charge in [0.25, 0.3) is 7.37 Å². The number of amides is 3. The number of likely N-dealkylation sites (tertiary alicyclic amines) is 1. The summed E-state index contributed by atoms with van der Waals surface area (Å²) >= 11 is 2.50. The van der Waals surface area contributed by atoms with Crippen LogP contribution in [0.4, 0.5) is 9.93 Å². The first-order chi connectivity index (χ1) is 28.0. The molecule has 18 heteroatoms. The van der Waals surface area contributed by atoms with E-state index < -0.39 is 60.1 Å². The van der Waals surface area contributed by atoms with Gasteiger partial charge in [-0.3, -0.25) is 14.2 Å². The second-order valence-electron chi connectivity index (χ2n) is 16.8. The van der Waals surface area contributed by atoms with Gasteiger partial charge >= 0.3 is 6.09 Å². The van der Waals surface area contributed by atoms with Gasteiger partial charge in [-0.1, -0.05) is 26.8 Å². The molecule has 2 unspecified atom stereocenters. The van der Waals surface area contributed by atoms with Gasteiger partial charge in [-0.2, -0.15) is 0 Å². The first-order valence-corrected chi connectivity index (χ1v) is 23.3. The van der Waals surface area contributed by atoms with Crippen molar-refractivity contribution in [3.05, 3.63) is 53.9 Å². The zero-order valence-electron chi connectivity index (χ0n) is 34.1. The molecule has 6 atom stereocenters. The van der Waals surface area contributed by atoms with Crippen molar-refractivity contribution < 1.29 is 38.1 Å². The van der Waals surface area contributed by atoms with Crippen LogP contribution >= 0.6 is 30.0 Å². The van der Waals surface area contributed by atoms with Gasteiger partial charge in [0.15, 0.2) is 9.88 Å². The van der Waals surface area contributed by atoms with Crippen LogP contribution < -0.4 is 30.2 Å². The number of anilines is 1. The van der Waals surface area contributed by atoms with Gasteiger partial charge in [-0.15, -0.1) is 29.3 Å². The number of rotatable bonds is 14. The van der Waals surface area contributed by atoms with Crippen molar-refractivity contribution in [3.8, 4) is 22.9 Å². The van der Waals surface area contributed by atoms with Gasteiger partial charge in [-0.25, -0.2) is 19.7 Å². The van der Waals surface area contributed by atoms with Gasteiger partial charge in [0.1, 0.15) is 46.8 Å². The predicted octanol–water partition coefficient (Wildman–Crippen LogP) is 6.69. The fourth-order valence-corrected chi connectivity index (χ4v) is 12.2. The number of alkyl carbamates (subject to hydrolysis) is 1. The first kappa shape index (κ1) is 42.6. The van der Waals surface area contributed by atoms with Crippen molar-refractivity contribution >= 4 is 68.7 Å². The van der Waals surface area contributed by atoms with E-state index in [9.17, 15) is 23.8 Å². The third-order valence-corrected chi connectivity index (χ3v) is 15.8. The fraction of sp³-hybridized carbons (Fsp3) is 0.512.